The van der Waals surface area contributed by atoms with Crippen molar-refractivity contribution in [3.05, 3.63) is 0 Å². The van der Waals surface area contributed by atoms with Crippen LogP contribution in [0.15, 0.2) is 0 Å². The van der Waals surface area contributed by atoms with Gasteiger partial charge in [-0.3, -0.25) is 4.79 Å². The smallest absolute Gasteiger partial charge is 0.303 e. The molecule has 0 radical (unpaired) electrons. The highest BCUT2D eigenvalue weighted by molar-refractivity contribution is 5.66. The Hall–Kier alpha value is -0.650. The van der Waals surface area contributed by atoms with Crippen LogP contribution in [0.25, 0.3) is 0 Å². The Morgan fingerprint density at radius 3 is 1.29 bits per heavy atom. The summed E-state index contributed by atoms with van der Waals surface area (Å²) in [6.45, 7) is 5.66. The summed E-state index contributed by atoms with van der Waals surface area (Å²) in [6, 6.07) is 0. The summed E-state index contributed by atoms with van der Waals surface area (Å²) in [7, 11) is 0. The molecular formula is C23H48O5. The van der Waals surface area contributed by atoms with E-state index in [9.17, 15) is 4.79 Å². The number of carboxylic acid groups (broad SMARTS) is 1. The maximum atomic E-state index is 10.3. The number of aliphatic hydroxyl groups excluding tert-OH is 2. The minimum absolute atomic E-state index is 0.139. The zero-order valence-corrected chi connectivity index (χ0v) is 18.7. The predicted octanol–water partition coefficient (Wildman–Crippen LogP) is 5.71. The van der Waals surface area contributed by atoms with Crippen molar-refractivity contribution in [2.75, 3.05) is 19.8 Å². The molecule has 1 fully saturated rings. The van der Waals surface area contributed by atoms with Crippen molar-refractivity contribution in [2.45, 2.75) is 123 Å². The summed E-state index contributed by atoms with van der Waals surface area (Å²) in [5, 5.41) is 24.5. The molecule has 170 valence electrons. The molecule has 28 heavy (non-hydrogen) atoms. The van der Waals surface area contributed by atoms with Crippen molar-refractivity contribution in [1.82, 2.24) is 0 Å². The van der Waals surface area contributed by atoms with Gasteiger partial charge in [0.1, 0.15) is 0 Å². The van der Waals surface area contributed by atoms with Crippen LogP contribution >= 0.6 is 0 Å². The molecule has 5 nitrogen and oxygen atoms in total. The highest BCUT2D eigenvalue weighted by atomic mass is 16.6. The van der Waals surface area contributed by atoms with Gasteiger partial charge in [0.05, 0.1) is 25.9 Å². The molecule has 0 spiro atoms. The van der Waals surface area contributed by atoms with Crippen LogP contribution < -0.4 is 0 Å². The fourth-order valence-corrected chi connectivity index (χ4v) is 2.65. The zero-order chi connectivity index (χ0) is 21.3. The molecule has 1 saturated heterocycles. The average Bonchev–Trinajstić information content (AvgIpc) is 3.54. The van der Waals surface area contributed by atoms with E-state index >= 15 is 0 Å². The SMILES string of the molecule is C1CO1.CC(O)CO.CCCCCCCCCCCCCCCCCC(=O)O. The summed E-state index contributed by atoms with van der Waals surface area (Å²) in [5.74, 6) is -0.653. The van der Waals surface area contributed by atoms with Gasteiger partial charge in [0.15, 0.2) is 0 Å². The molecule has 0 bridgehead atoms. The third-order valence-corrected chi connectivity index (χ3v) is 4.46. The normalized spacial score (nSPS) is 13.0. The molecule has 1 aliphatic rings. The minimum atomic E-state index is -0.653. The second-order valence-electron chi connectivity index (χ2n) is 7.74. The molecule has 0 aliphatic carbocycles. The Balaban J connectivity index is 0. The van der Waals surface area contributed by atoms with E-state index in [0.717, 1.165) is 26.1 Å². The lowest BCUT2D eigenvalue weighted by Crippen LogP contribution is -2.03. The Morgan fingerprint density at radius 1 is 0.786 bits per heavy atom. The van der Waals surface area contributed by atoms with E-state index in [-0.39, 0.29) is 6.61 Å². The van der Waals surface area contributed by atoms with Crippen molar-refractivity contribution >= 4 is 5.97 Å². The first-order valence-corrected chi connectivity index (χ1v) is 11.6. The lowest BCUT2D eigenvalue weighted by molar-refractivity contribution is -0.137. The number of carbonyl (C=O) groups is 1. The van der Waals surface area contributed by atoms with Gasteiger partial charge in [-0.1, -0.05) is 96.8 Å². The number of carboxylic acids is 1. The molecule has 0 aromatic rings. The highest BCUT2D eigenvalue weighted by Crippen LogP contribution is 2.13. The molecule has 0 amide bonds. The second kappa shape index (κ2) is 26.4. The van der Waals surface area contributed by atoms with Gasteiger partial charge in [-0.2, -0.15) is 0 Å². The van der Waals surface area contributed by atoms with Gasteiger partial charge in [-0.25, -0.2) is 0 Å². The van der Waals surface area contributed by atoms with Gasteiger partial charge < -0.3 is 20.1 Å². The van der Waals surface area contributed by atoms with Crippen molar-refractivity contribution < 1.29 is 24.9 Å². The molecule has 0 aromatic heterocycles. The standard InChI is InChI=1S/C18H36O2.C3H8O2.C2H4O/c1-2-3-4-5-6-7-8-9-10-11-12-13-14-15-16-17-18(19)20;1-3(5)2-4;1-2-3-1/h2-17H2,1H3,(H,19,20);3-5H,2H2,1H3;1-2H2. The summed E-state index contributed by atoms with van der Waals surface area (Å²) in [5.41, 5.74) is 0. The van der Waals surface area contributed by atoms with E-state index in [0.29, 0.717) is 6.42 Å². The zero-order valence-electron chi connectivity index (χ0n) is 18.7. The Morgan fingerprint density at radius 2 is 1.07 bits per heavy atom. The van der Waals surface area contributed by atoms with E-state index in [4.69, 9.17) is 15.3 Å². The molecule has 0 saturated carbocycles. The number of unbranched alkanes of at least 4 members (excludes halogenated alkanes) is 14. The Bertz CT molecular complexity index is 290. The molecule has 1 aliphatic heterocycles. The monoisotopic (exact) mass is 404 g/mol. The maximum absolute atomic E-state index is 10.3. The first-order valence-electron chi connectivity index (χ1n) is 11.6. The fourth-order valence-electron chi connectivity index (χ4n) is 2.65. The van der Waals surface area contributed by atoms with Gasteiger partial charge in [0, 0.05) is 6.42 Å². The number of aliphatic hydroxyl groups is 2. The summed E-state index contributed by atoms with van der Waals surface area (Å²) in [6.07, 6.45) is 19.6. The fraction of sp³-hybridized carbons (Fsp3) is 0.957. The third-order valence-electron chi connectivity index (χ3n) is 4.46. The van der Waals surface area contributed by atoms with Crippen molar-refractivity contribution in [2.24, 2.45) is 0 Å². The molecule has 1 heterocycles. The molecule has 1 atom stereocenters. The number of hydrogen-bond acceptors (Lipinski definition) is 4. The second-order valence-corrected chi connectivity index (χ2v) is 7.74. The highest BCUT2D eigenvalue weighted by Gasteiger charge is 1.97. The maximum Gasteiger partial charge on any atom is 0.303 e. The van der Waals surface area contributed by atoms with Crippen LogP contribution in [0.2, 0.25) is 0 Å². The minimum Gasteiger partial charge on any atom is -0.481 e. The van der Waals surface area contributed by atoms with Crippen LogP contribution in [0.5, 0.6) is 0 Å². The number of rotatable bonds is 17. The quantitative estimate of drug-likeness (QED) is 0.213. The van der Waals surface area contributed by atoms with Crippen LogP contribution in [0.3, 0.4) is 0 Å². The molecule has 1 rings (SSSR count). The number of ether oxygens (including phenoxy) is 1. The molecular weight excluding hydrogens is 356 g/mol. The van der Waals surface area contributed by atoms with E-state index < -0.39 is 12.1 Å². The predicted molar refractivity (Wildman–Crippen MR) is 117 cm³/mol. The average molecular weight is 405 g/mol. The van der Waals surface area contributed by atoms with Crippen LogP contribution in [0, 0.1) is 0 Å². The lowest BCUT2D eigenvalue weighted by atomic mass is 10.0. The topological polar surface area (TPSA) is 90.3 Å². The van der Waals surface area contributed by atoms with E-state index in [1.807, 2.05) is 0 Å². The van der Waals surface area contributed by atoms with Gasteiger partial charge in [0.2, 0.25) is 0 Å². The molecule has 3 N–H and O–H groups in total. The van der Waals surface area contributed by atoms with E-state index in [2.05, 4.69) is 11.7 Å². The number of hydrogen-bond donors (Lipinski definition) is 3. The van der Waals surface area contributed by atoms with Gasteiger partial charge >= 0.3 is 5.97 Å². The largest absolute Gasteiger partial charge is 0.481 e. The number of aliphatic carboxylic acids is 1. The summed E-state index contributed by atoms with van der Waals surface area (Å²) < 4.78 is 4.50. The van der Waals surface area contributed by atoms with E-state index in [1.165, 1.54) is 90.4 Å². The van der Waals surface area contributed by atoms with Crippen LogP contribution in [-0.2, 0) is 9.53 Å². The first kappa shape index (κ1) is 29.6. The number of epoxide rings is 1. The Labute approximate surface area is 173 Å². The lowest BCUT2D eigenvalue weighted by Gasteiger charge is -2.03. The molecule has 5 heteroatoms. The first-order chi connectivity index (χ1) is 13.5. The van der Waals surface area contributed by atoms with Crippen LogP contribution in [-0.4, -0.2) is 47.2 Å². The van der Waals surface area contributed by atoms with Crippen LogP contribution in [0.4, 0.5) is 0 Å². The van der Waals surface area contributed by atoms with E-state index in [1.54, 1.807) is 0 Å². The van der Waals surface area contributed by atoms with Crippen molar-refractivity contribution in [3.63, 3.8) is 0 Å². The van der Waals surface area contributed by atoms with Crippen molar-refractivity contribution in [3.8, 4) is 0 Å². The summed E-state index contributed by atoms with van der Waals surface area (Å²) in [4.78, 5) is 10.3. The third kappa shape index (κ3) is 40.1. The van der Waals surface area contributed by atoms with Gasteiger partial charge in [-0.05, 0) is 13.3 Å². The van der Waals surface area contributed by atoms with Gasteiger partial charge in [0.25, 0.3) is 0 Å². The van der Waals surface area contributed by atoms with Gasteiger partial charge in [-0.15, -0.1) is 0 Å². The molecule has 1 unspecified atom stereocenters. The van der Waals surface area contributed by atoms with Crippen LogP contribution in [0.1, 0.15) is 117 Å². The van der Waals surface area contributed by atoms with Crippen molar-refractivity contribution in [1.29, 1.82) is 0 Å². The Kier molecular flexibility index (Phi) is 27.8. The molecule has 0 aromatic carbocycles. The summed E-state index contributed by atoms with van der Waals surface area (Å²) >= 11 is 0.